The predicted molar refractivity (Wildman–Crippen MR) is 73.7 cm³/mol. The number of rotatable bonds is 0. The molecule has 0 aliphatic carbocycles. The van der Waals surface area contributed by atoms with Crippen LogP contribution in [0, 0.1) is 0 Å². The summed E-state index contributed by atoms with van der Waals surface area (Å²) in [6.45, 7) is 0. The third-order valence-electron chi connectivity index (χ3n) is 2.30. The van der Waals surface area contributed by atoms with Crippen LogP contribution in [0.5, 0.6) is 0 Å². The molecule has 0 radical (unpaired) electrons. The van der Waals surface area contributed by atoms with E-state index in [-0.39, 0.29) is 11.8 Å². The minimum atomic E-state index is -0.305. The number of fused-ring (bicyclic) bond motifs is 1. The van der Waals surface area contributed by atoms with Crippen LogP contribution in [0.15, 0.2) is 17.9 Å². The highest BCUT2D eigenvalue weighted by molar-refractivity contribution is 9.15. The number of hydrogen-bond donors (Lipinski definition) is 0. The van der Waals surface area contributed by atoms with Crippen molar-refractivity contribution in [2.24, 2.45) is 0 Å². The highest BCUT2D eigenvalue weighted by Gasteiger charge is 2.38. The molecule has 3 nitrogen and oxygen atoms in total. The molecule has 0 spiro atoms. The largest absolute Gasteiger partial charge is 0.277 e. The molecule has 0 atom stereocenters. The zero-order valence-electron chi connectivity index (χ0n) is 7.78. The van der Waals surface area contributed by atoms with Crippen LogP contribution < -0.4 is 0 Å². The van der Waals surface area contributed by atoms with Crippen molar-refractivity contribution in [2.75, 3.05) is 7.05 Å². The number of amides is 2. The van der Waals surface area contributed by atoms with Gasteiger partial charge in [0, 0.05) is 24.9 Å². The molecular weight excluding hydrogens is 474 g/mol. The average molecular weight is 477 g/mol. The molecular formula is C9H3Br4NO2. The molecule has 2 amide bonds. The number of nitrogens with zero attached hydrogens (tertiary/aromatic N) is 1. The normalized spacial score (nSPS) is 14.7. The first-order valence-electron chi connectivity index (χ1n) is 4.06. The van der Waals surface area contributed by atoms with Gasteiger partial charge in [-0.15, -0.1) is 0 Å². The van der Waals surface area contributed by atoms with Gasteiger partial charge >= 0.3 is 0 Å². The summed E-state index contributed by atoms with van der Waals surface area (Å²) in [5.74, 6) is -0.610. The number of carbonyl (C=O) groups is 2. The van der Waals surface area contributed by atoms with Crippen molar-refractivity contribution >= 4 is 75.5 Å². The summed E-state index contributed by atoms with van der Waals surface area (Å²) in [6, 6.07) is 0. The molecule has 84 valence electrons. The van der Waals surface area contributed by atoms with Crippen molar-refractivity contribution in [3.05, 3.63) is 29.0 Å². The standard InChI is InChI=1S/C9H3Br4NO2/c1-14-8(15)2-3(9(14)16)5(11)7(13)6(12)4(2)10/h1H3. The maximum absolute atomic E-state index is 11.9. The zero-order chi connectivity index (χ0) is 12.2. The molecule has 0 unspecified atom stereocenters. The van der Waals surface area contributed by atoms with E-state index in [9.17, 15) is 9.59 Å². The fraction of sp³-hybridized carbons (Fsp3) is 0.111. The Morgan fingerprint density at radius 1 is 0.750 bits per heavy atom. The van der Waals surface area contributed by atoms with Gasteiger partial charge in [-0.05, 0) is 63.7 Å². The fourth-order valence-corrected chi connectivity index (χ4v) is 3.92. The van der Waals surface area contributed by atoms with Crippen LogP contribution in [0.25, 0.3) is 0 Å². The Morgan fingerprint density at radius 2 is 1.06 bits per heavy atom. The lowest BCUT2D eigenvalue weighted by atomic mass is 10.1. The molecule has 0 aromatic heterocycles. The second-order valence-electron chi connectivity index (χ2n) is 3.18. The highest BCUT2D eigenvalue weighted by atomic mass is 79.9. The Bertz CT molecular complexity index is 494. The van der Waals surface area contributed by atoms with E-state index in [1.54, 1.807) is 0 Å². The first-order chi connectivity index (χ1) is 7.37. The van der Waals surface area contributed by atoms with Gasteiger partial charge in [0.2, 0.25) is 0 Å². The van der Waals surface area contributed by atoms with Crippen molar-refractivity contribution in [1.29, 1.82) is 0 Å². The summed E-state index contributed by atoms with van der Waals surface area (Å²) in [4.78, 5) is 24.8. The van der Waals surface area contributed by atoms with Gasteiger partial charge in [-0.25, -0.2) is 0 Å². The molecule has 1 heterocycles. The summed E-state index contributed by atoms with van der Waals surface area (Å²) in [5, 5.41) is 0. The van der Waals surface area contributed by atoms with E-state index in [0.717, 1.165) is 4.90 Å². The van der Waals surface area contributed by atoms with Crippen LogP contribution in [-0.2, 0) is 0 Å². The molecule has 0 saturated carbocycles. The number of halogens is 4. The zero-order valence-corrected chi connectivity index (χ0v) is 14.1. The second kappa shape index (κ2) is 4.19. The Labute approximate surface area is 125 Å². The molecule has 1 aromatic rings. The van der Waals surface area contributed by atoms with E-state index in [2.05, 4.69) is 63.7 Å². The van der Waals surface area contributed by atoms with Crippen LogP contribution in [0.2, 0.25) is 0 Å². The molecule has 2 rings (SSSR count). The van der Waals surface area contributed by atoms with Gasteiger partial charge < -0.3 is 0 Å². The summed E-state index contributed by atoms with van der Waals surface area (Å²) in [5.41, 5.74) is 0.768. The minimum absolute atomic E-state index is 0.305. The quantitative estimate of drug-likeness (QED) is 0.323. The van der Waals surface area contributed by atoms with Crippen LogP contribution in [0.1, 0.15) is 20.7 Å². The molecule has 0 fully saturated rings. The first-order valence-corrected chi connectivity index (χ1v) is 7.23. The van der Waals surface area contributed by atoms with Gasteiger partial charge in [0.25, 0.3) is 11.8 Å². The topological polar surface area (TPSA) is 37.4 Å². The molecule has 16 heavy (non-hydrogen) atoms. The van der Waals surface area contributed by atoms with E-state index >= 15 is 0 Å². The van der Waals surface area contributed by atoms with Gasteiger partial charge in [-0.3, -0.25) is 14.5 Å². The minimum Gasteiger partial charge on any atom is -0.277 e. The number of carbonyl (C=O) groups excluding carboxylic acids is 2. The average Bonchev–Trinajstić information content (AvgIpc) is 2.48. The monoisotopic (exact) mass is 473 g/mol. The smallest absolute Gasteiger partial charge is 0.262 e. The molecule has 1 aliphatic heterocycles. The van der Waals surface area contributed by atoms with Crippen LogP contribution in [-0.4, -0.2) is 23.8 Å². The van der Waals surface area contributed by atoms with Crippen LogP contribution >= 0.6 is 63.7 Å². The van der Waals surface area contributed by atoms with Gasteiger partial charge in [-0.2, -0.15) is 0 Å². The van der Waals surface area contributed by atoms with E-state index in [1.807, 2.05) is 0 Å². The predicted octanol–water partition coefficient (Wildman–Crippen LogP) is 3.96. The van der Waals surface area contributed by atoms with Crippen LogP contribution in [0.3, 0.4) is 0 Å². The fourth-order valence-electron chi connectivity index (χ4n) is 1.46. The lowest BCUT2D eigenvalue weighted by Crippen LogP contribution is -2.24. The van der Waals surface area contributed by atoms with Crippen molar-refractivity contribution < 1.29 is 9.59 Å². The Hall–Kier alpha value is 0.280. The molecule has 1 aliphatic rings. The number of imide groups is 1. The van der Waals surface area contributed by atoms with Crippen LogP contribution in [0.4, 0.5) is 0 Å². The molecule has 0 bridgehead atoms. The second-order valence-corrected chi connectivity index (χ2v) is 6.35. The number of hydrogen-bond acceptors (Lipinski definition) is 2. The molecule has 0 saturated heterocycles. The highest BCUT2D eigenvalue weighted by Crippen LogP contribution is 2.44. The Balaban J connectivity index is 2.91. The summed E-state index contributed by atoms with van der Waals surface area (Å²) >= 11 is 13.3. The van der Waals surface area contributed by atoms with Gasteiger partial charge in [0.15, 0.2) is 0 Å². The van der Waals surface area contributed by atoms with Crippen molar-refractivity contribution in [3.63, 3.8) is 0 Å². The maximum Gasteiger partial charge on any atom is 0.262 e. The molecule has 1 aromatic carbocycles. The van der Waals surface area contributed by atoms with Gasteiger partial charge in [0.05, 0.1) is 11.1 Å². The van der Waals surface area contributed by atoms with E-state index in [0.29, 0.717) is 29.0 Å². The van der Waals surface area contributed by atoms with Gasteiger partial charge in [0.1, 0.15) is 0 Å². The van der Waals surface area contributed by atoms with E-state index < -0.39 is 0 Å². The summed E-state index contributed by atoms with van der Waals surface area (Å²) < 4.78 is 2.57. The van der Waals surface area contributed by atoms with E-state index in [4.69, 9.17) is 0 Å². The maximum atomic E-state index is 11.9. The van der Waals surface area contributed by atoms with Crippen molar-refractivity contribution in [1.82, 2.24) is 4.90 Å². The summed E-state index contributed by atoms with van der Waals surface area (Å²) in [6.07, 6.45) is 0. The van der Waals surface area contributed by atoms with Crippen molar-refractivity contribution in [3.8, 4) is 0 Å². The third kappa shape index (κ3) is 1.55. The SMILES string of the molecule is CN1C(=O)c2c(Br)c(Br)c(Br)c(Br)c2C1=O. The number of benzene rings is 1. The van der Waals surface area contributed by atoms with Crippen molar-refractivity contribution in [2.45, 2.75) is 0 Å². The lowest BCUT2D eigenvalue weighted by molar-refractivity contribution is 0.0692. The Morgan fingerprint density at radius 3 is 1.38 bits per heavy atom. The first kappa shape index (κ1) is 12.7. The van der Waals surface area contributed by atoms with Gasteiger partial charge in [-0.1, -0.05) is 0 Å². The van der Waals surface area contributed by atoms with E-state index in [1.165, 1.54) is 7.05 Å². The Kier molecular flexibility index (Phi) is 3.33. The molecule has 0 N–H and O–H groups in total. The summed E-state index contributed by atoms with van der Waals surface area (Å²) in [7, 11) is 1.46. The third-order valence-corrected chi connectivity index (χ3v) is 7.07. The lowest BCUT2D eigenvalue weighted by Gasteiger charge is -2.07. The molecule has 7 heteroatoms.